The van der Waals surface area contributed by atoms with E-state index in [1.54, 1.807) is 0 Å². The molecule has 1 aromatic rings. The summed E-state index contributed by atoms with van der Waals surface area (Å²) in [7, 11) is 0. The van der Waals surface area contributed by atoms with Crippen LogP contribution in [0.25, 0.3) is 0 Å². The molecule has 0 radical (unpaired) electrons. The van der Waals surface area contributed by atoms with E-state index < -0.39 is 0 Å². The number of hydrogen-bond acceptors (Lipinski definition) is 2. The van der Waals surface area contributed by atoms with Crippen LogP contribution >= 0.6 is 15.9 Å². The summed E-state index contributed by atoms with van der Waals surface area (Å²) in [4.78, 5) is 11.8. The van der Waals surface area contributed by atoms with Crippen molar-refractivity contribution in [3.05, 3.63) is 28.7 Å². The van der Waals surface area contributed by atoms with Crippen molar-refractivity contribution < 1.29 is 4.79 Å². The largest absolute Gasteiger partial charge is 0.272 e. The first kappa shape index (κ1) is 11.3. The number of anilines is 1. The number of hydrazone groups is 1. The van der Waals surface area contributed by atoms with Gasteiger partial charge in [0.05, 0.1) is 17.8 Å². The molecule has 84 valence electrons. The molecule has 2 rings (SSSR count). The van der Waals surface area contributed by atoms with Crippen molar-refractivity contribution in [2.45, 2.75) is 20.3 Å². The third-order valence-electron chi connectivity index (χ3n) is 2.52. The van der Waals surface area contributed by atoms with Gasteiger partial charge in [-0.05, 0) is 24.1 Å². The first-order valence-electron chi connectivity index (χ1n) is 5.24. The number of halogens is 1. The van der Waals surface area contributed by atoms with Gasteiger partial charge in [0, 0.05) is 4.47 Å². The van der Waals surface area contributed by atoms with Crippen LogP contribution in [0.5, 0.6) is 0 Å². The molecule has 0 aromatic heterocycles. The molecule has 1 aromatic carbocycles. The van der Waals surface area contributed by atoms with Gasteiger partial charge in [0.2, 0.25) is 0 Å². The molecule has 0 aliphatic carbocycles. The summed E-state index contributed by atoms with van der Waals surface area (Å²) in [6.07, 6.45) is 0.435. The van der Waals surface area contributed by atoms with E-state index >= 15 is 0 Å². The van der Waals surface area contributed by atoms with Gasteiger partial charge < -0.3 is 0 Å². The molecule has 1 heterocycles. The fourth-order valence-corrected chi connectivity index (χ4v) is 1.97. The van der Waals surface area contributed by atoms with Gasteiger partial charge in [-0.2, -0.15) is 5.10 Å². The lowest BCUT2D eigenvalue weighted by Crippen LogP contribution is -2.19. The average molecular weight is 281 g/mol. The number of benzene rings is 1. The monoisotopic (exact) mass is 280 g/mol. The molecular formula is C12H13BrN2O. The third kappa shape index (κ3) is 2.16. The summed E-state index contributed by atoms with van der Waals surface area (Å²) in [6, 6.07) is 7.60. The van der Waals surface area contributed by atoms with E-state index in [1.807, 2.05) is 24.3 Å². The molecule has 0 saturated carbocycles. The highest BCUT2D eigenvalue weighted by Gasteiger charge is 2.26. The SMILES string of the molecule is CC(C)C1=NN(c2cccc(Br)c2)C(=O)C1. The van der Waals surface area contributed by atoms with Gasteiger partial charge in [0.25, 0.3) is 5.91 Å². The number of rotatable bonds is 2. The Hall–Kier alpha value is -1.16. The van der Waals surface area contributed by atoms with Crippen LogP contribution in [0.4, 0.5) is 5.69 Å². The van der Waals surface area contributed by atoms with Gasteiger partial charge in [0.15, 0.2) is 0 Å². The van der Waals surface area contributed by atoms with Gasteiger partial charge in [-0.3, -0.25) is 4.79 Å². The molecule has 16 heavy (non-hydrogen) atoms. The van der Waals surface area contributed by atoms with Crippen LogP contribution in [-0.4, -0.2) is 11.6 Å². The number of amides is 1. The maximum atomic E-state index is 11.8. The van der Waals surface area contributed by atoms with E-state index in [1.165, 1.54) is 5.01 Å². The molecular weight excluding hydrogens is 268 g/mol. The second-order valence-electron chi connectivity index (χ2n) is 4.11. The van der Waals surface area contributed by atoms with Crippen LogP contribution in [0.2, 0.25) is 0 Å². The molecule has 1 aliphatic rings. The molecule has 0 fully saturated rings. The van der Waals surface area contributed by atoms with Crippen LogP contribution in [-0.2, 0) is 4.79 Å². The lowest BCUT2D eigenvalue weighted by Gasteiger charge is -2.11. The molecule has 1 aliphatic heterocycles. The first-order valence-corrected chi connectivity index (χ1v) is 6.03. The smallest absolute Gasteiger partial charge is 0.253 e. The Bertz CT molecular complexity index is 454. The second kappa shape index (κ2) is 4.37. The summed E-state index contributed by atoms with van der Waals surface area (Å²) in [5.41, 5.74) is 1.76. The Labute approximate surface area is 103 Å². The van der Waals surface area contributed by atoms with Crippen LogP contribution in [0.15, 0.2) is 33.8 Å². The lowest BCUT2D eigenvalue weighted by atomic mass is 10.1. The molecule has 3 nitrogen and oxygen atoms in total. The third-order valence-corrected chi connectivity index (χ3v) is 3.01. The van der Waals surface area contributed by atoms with E-state index in [2.05, 4.69) is 34.9 Å². The normalized spacial score (nSPS) is 15.9. The minimum atomic E-state index is 0.0433. The van der Waals surface area contributed by atoms with Crippen molar-refractivity contribution in [2.75, 3.05) is 5.01 Å². The van der Waals surface area contributed by atoms with E-state index in [0.29, 0.717) is 12.3 Å². The highest BCUT2D eigenvalue weighted by Crippen LogP contribution is 2.25. The van der Waals surface area contributed by atoms with Crippen molar-refractivity contribution in [1.82, 2.24) is 0 Å². The molecule has 0 N–H and O–H groups in total. The van der Waals surface area contributed by atoms with Crippen molar-refractivity contribution in [1.29, 1.82) is 0 Å². The number of carbonyl (C=O) groups excluding carboxylic acids is 1. The Balaban J connectivity index is 2.31. The van der Waals surface area contributed by atoms with Crippen LogP contribution in [0.3, 0.4) is 0 Å². The molecule has 0 bridgehead atoms. The number of hydrogen-bond donors (Lipinski definition) is 0. The van der Waals surface area contributed by atoms with Gasteiger partial charge in [-0.15, -0.1) is 0 Å². The topological polar surface area (TPSA) is 32.7 Å². The van der Waals surface area contributed by atoms with E-state index in [9.17, 15) is 4.79 Å². The maximum Gasteiger partial charge on any atom is 0.253 e. The van der Waals surface area contributed by atoms with Crippen LogP contribution in [0.1, 0.15) is 20.3 Å². The van der Waals surface area contributed by atoms with Gasteiger partial charge in [0.1, 0.15) is 0 Å². The Morgan fingerprint density at radius 1 is 1.44 bits per heavy atom. The van der Waals surface area contributed by atoms with Gasteiger partial charge >= 0.3 is 0 Å². The average Bonchev–Trinajstić information content (AvgIpc) is 2.60. The van der Waals surface area contributed by atoms with Crippen molar-refractivity contribution in [2.24, 2.45) is 11.0 Å². The zero-order chi connectivity index (χ0) is 11.7. The highest BCUT2D eigenvalue weighted by molar-refractivity contribution is 9.10. The number of nitrogens with zero attached hydrogens (tertiary/aromatic N) is 2. The Morgan fingerprint density at radius 2 is 2.19 bits per heavy atom. The standard InChI is InChI=1S/C12H13BrN2O/c1-8(2)11-7-12(16)15(14-11)10-5-3-4-9(13)6-10/h3-6,8H,7H2,1-2H3. The van der Waals surface area contributed by atoms with Crippen molar-refractivity contribution >= 4 is 33.2 Å². The van der Waals surface area contributed by atoms with E-state index in [0.717, 1.165) is 15.9 Å². The molecule has 0 spiro atoms. The second-order valence-corrected chi connectivity index (χ2v) is 5.02. The number of carbonyl (C=O) groups is 1. The predicted molar refractivity (Wildman–Crippen MR) is 68.5 cm³/mol. The summed E-state index contributed by atoms with van der Waals surface area (Å²) in [5.74, 6) is 0.364. The van der Waals surface area contributed by atoms with Crippen molar-refractivity contribution in [3.63, 3.8) is 0 Å². The minimum Gasteiger partial charge on any atom is -0.272 e. The minimum absolute atomic E-state index is 0.0433. The predicted octanol–water partition coefficient (Wildman–Crippen LogP) is 3.20. The summed E-state index contributed by atoms with van der Waals surface area (Å²) >= 11 is 3.39. The summed E-state index contributed by atoms with van der Waals surface area (Å²) in [6.45, 7) is 4.10. The molecule has 0 unspecified atom stereocenters. The Morgan fingerprint density at radius 3 is 2.75 bits per heavy atom. The van der Waals surface area contributed by atoms with Crippen LogP contribution < -0.4 is 5.01 Å². The van der Waals surface area contributed by atoms with E-state index in [-0.39, 0.29) is 5.91 Å². The maximum absolute atomic E-state index is 11.8. The highest BCUT2D eigenvalue weighted by atomic mass is 79.9. The molecule has 4 heteroatoms. The first-order chi connectivity index (χ1) is 7.58. The quantitative estimate of drug-likeness (QED) is 0.819. The van der Waals surface area contributed by atoms with Crippen LogP contribution in [0, 0.1) is 5.92 Å². The Kier molecular flexibility index (Phi) is 3.10. The lowest BCUT2D eigenvalue weighted by molar-refractivity contribution is -0.116. The summed E-state index contributed by atoms with van der Waals surface area (Å²) < 4.78 is 0.950. The van der Waals surface area contributed by atoms with E-state index in [4.69, 9.17) is 0 Å². The van der Waals surface area contributed by atoms with Gasteiger partial charge in [-0.1, -0.05) is 35.8 Å². The molecule has 0 atom stereocenters. The molecule has 1 amide bonds. The zero-order valence-corrected chi connectivity index (χ0v) is 10.9. The summed E-state index contributed by atoms with van der Waals surface area (Å²) in [5, 5.41) is 5.85. The fourth-order valence-electron chi connectivity index (χ4n) is 1.58. The fraction of sp³-hybridized carbons (Fsp3) is 0.333. The zero-order valence-electron chi connectivity index (χ0n) is 9.27. The van der Waals surface area contributed by atoms with Crippen molar-refractivity contribution in [3.8, 4) is 0 Å². The van der Waals surface area contributed by atoms with Gasteiger partial charge in [-0.25, -0.2) is 5.01 Å². The molecule has 0 saturated heterocycles.